The number of unbranched alkanes of at least 4 members (excludes halogenated alkanes) is 1. The molecule has 9 N–H and O–H groups in total. The quantitative estimate of drug-likeness (QED) is 0.155. The van der Waals surface area contributed by atoms with Crippen LogP contribution in [0.25, 0.3) is 0 Å². The summed E-state index contributed by atoms with van der Waals surface area (Å²) < 4.78 is 0. The van der Waals surface area contributed by atoms with Crippen molar-refractivity contribution in [3.8, 4) is 0 Å². The number of benzene rings is 1. The Kier molecular flexibility index (Phi) is 12.9. The van der Waals surface area contributed by atoms with Crippen LogP contribution in [-0.4, -0.2) is 70.7 Å². The molecule has 0 unspecified atom stereocenters. The number of nitrogens with one attached hydrogen (secondary N) is 3. The van der Waals surface area contributed by atoms with Gasteiger partial charge in [0.2, 0.25) is 17.7 Å². The second-order valence-electron chi connectivity index (χ2n) is 8.93. The molecule has 35 heavy (non-hydrogen) atoms. The number of carboxylic acid groups (broad SMARTS) is 1. The third kappa shape index (κ3) is 10.4. The average molecular weight is 494 g/mol. The zero-order valence-corrected chi connectivity index (χ0v) is 20.6. The lowest BCUT2D eigenvalue weighted by Gasteiger charge is -2.27. The van der Waals surface area contributed by atoms with Gasteiger partial charge in [-0.15, -0.1) is 0 Å². The molecule has 0 saturated carbocycles. The van der Waals surface area contributed by atoms with E-state index < -0.39 is 54.0 Å². The van der Waals surface area contributed by atoms with E-state index >= 15 is 0 Å². The van der Waals surface area contributed by atoms with Crippen molar-refractivity contribution in [2.45, 2.75) is 76.7 Å². The third-order valence-corrected chi connectivity index (χ3v) is 5.56. The molecule has 11 heteroatoms. The van der Waals surface area contributed by atoms with Gasteiger partial charge in [0.25, 0.3) is 0 Å². The summed E-state index contributed by atoms with van der Waals surface area (Å²) in [5.74, 6) is -3.50. The van der Waals surface area contributed by atoms with Gasteiger partial charge in [-0.2, -0.15) is 0 Å². The van der Waals surface area contributed by atoms with E-state index in [0.717, 1.165) is 5.56 Å². The molecule has 1 aromatic carbocycles. The molecular formula is C24H39N5O6. The number of carbonyl (C=O) groups excluding carboxylic acids is 3. The highest BCUT2D eigenvalue weighted by Crippen LogP contribution is 2.08. The van der Waals surface area contributed by atoms with Gasteiger partial charge in [0.05, 0.1) is 12.1 Å². The molecule has 0 aliphatic carbocycles. The van der Waals surface area contributed by atoms with Gasteiger partial charge in [0, 0.05) is 6.42 Å². The normalized spacial score (nSPS) is 15.4. The van der Waals surface area contributed by atoms with Crippen molar-refractivity contribution in [1.82, 2.24) is 16.0 Å². The summed E-state index contributed by atoms with van der Waals surface area (Å²) in [7, 11) is 0. The average Bonchev–Trinajstić information content (AvgIpc) is 2.80. The molecule has 0 bridgehead atoms. The zero-order chi connectivity index (χ0) is 26.5. The standard InChI is InChI=1S/C24H39N5O6/c1-14(2)19(26)22(32)29-20(15(3)30)23(33)28-18(13-16-9-5-4-6-10-16)21(31)27-17(24(34)35)11-7-8-12-25/h4-6,9-10,14-15,17-20,30H,7-8,11-13,25-26H2,1-3H3,(H,27,31)(H,28,33)(H,29,32)(H,34,35)/t15-,17-,18-,19-,20-/m0/s1. The van der Waals surface area contributed by atoms with Crippen LogP contribution < -0.4 is 27.4 Å². The molecule has 0 aliphatic heterocycles. The van der Waals surface area contributed by atoms with Crippen molar-refractivity contribution in [3.05, 3.63) is 35.9 Å². The van der Waals surface area contributed by atoms with Crippen LogP contribution in [0.1, 0.15) is 45.6 Å². The molecular weight excluding hydrogens is 454 g/mol. The van der Waals surface area contributed by atoms with Gasteiger partial charge >= 0.3 is 5.97 Å². The number of hydrogen-bond donors (Lipinski definition) is 7. The van der Waals surface area contributed by atoms with Crippen molar-refractivity contribution < 1.29 is 29.4 Å². The first-order valence-corrected chi connectivity index (χ1v) is 11.8. The lowest BCUT2D eigenvalue weighted by Crippen LogP contribution is -2.60. The van der Waals surface area contributed by atoms with Gasteiger partial charge in [0.1, 0.15) is 18.1 Å². The highest BCUT2D eigenvalue weighted by molar-refractivity contribution is 5.94. The molecule has 3 amide bonds. The fourth-order valence-electron chi connectivity index (χ4n) is 3.30. The summed E-state index contributed by atoms with van der Waals surface area (Å²) in [5, 5.41) is 27.1. The van der Waals surface area contributed by atoms with E-state index in [1.165, 1.54) is 6.92 Å². The Labute approximate surface area is 206 Å². The molecule has 0 heterocycles. The van der Waals surface area contributed by atoms with Crippen LogP contribution in [-0.2, 0) is 25.6 Å². The number of carboxylic acids is 1. The van der Waals surface area contributed by atoms with E-state index in [1.807, 2.05) is 0 Å². The van der Waals surface area contributed by atoms with Crippen molar-refractivity contribution in [3.63, 3.8) is 0 Å². The van der Waals surface area contributed by atoms with Crippen LogP contribution in [0.4, 0.5) is 0 Å². The maximum absolute atomic E-state index is 13.1. The van der Waals surface area contributed by atoms with Crippen LogP contribution in [0.2, 0.25) is 0 Å². The number of aliphatic carboxylic acids is 1. The molecule has 0 spiro atoms. The Balaban J connectivity index is 3.07. The number of hydrogen-bond acceptors (Lipinski definition) is 7. The highest BCUT2D eigenvalue weighted by atomic mass is 16.4. The lowest BCUT2D eigenvalue weighted by atomic mass is 10.0. The monoisotopic (exact) mass is 493 g/mol. The first kappa shape index (κ1) is 30.0. The van der Waals surface area contributed by atoms with Gasteiger partial charge in [-0.3, -0.25) is 14.4 Å². The molecule has 0 aliphatic rings. The molecule has 196 valence electrons. The van der Waals surface area contributed by atoms with Crippen LogP contribution in [0.5, 0.6) is 0 Å². The van der Waals surface area contributed by atoms with Crippen LogP contribution >= 0.6 is 0 Å². The number of nitrogens with two attached hydrogens (primary N) is 2. The zero-order valence-electron chi connectivity index (χ0n) is 20.6. The SMILES string of the molecule is CC(C)[C@H](N)C(=O)N[C@H](C(=O)N[C@@H](Cc1ccccc1)C(=O)N[C@@H](CCCCN)C(=O)O)[C@H](C)O. The van der Waals surface area contributed by atoms with Crippen molar-refractivity contribution in [2.75, 3.05) is 6.54 Å². The fraction of sp³-hybridized carbons (Fsp3) is 0.583. The van der Waals surface area contributed by atoms with E-state index in [1.54, 1.807) is 44.2 Å². The summed E-state index contributed by atoms with van der Waals surface area (Å²) in [5.41, 5.74) is 12.0. The minimum absolute atomic E-state index is 0.0690. The summed E-state index contributed by atoms with van der Waals surface area (Å²) in [4.78, 5) is 50.1. The molecule has 1 rings (SSSR count). The van der Waals surface area contributed by atoms with Gasteiger partial charge < -0.3 is 37.6 Å². The van der Waals surface area contributed by atoms with E-state index in [9.17, 15) is 29.4 Å². The lowest BCUT2D eigenvalue weighted by molar-refractivity contribution is -0.142. The number of carbonyl (C=O) groups is 4. The Hall–Kier alpha value is -3.02. The molecule has 0 aromatic heterocycles. The molecule has 0 fully saturated rings. The van der Waals surface area contributed by atoms with Gasteiger partial charge in [0.15, 0.2) is 0 Å². The fourth-order valence-corrected chi connectivity index (χ4v) is 3.30. The number of aliphatic hydroxyl groups is 1. The topological polar surface area (TPSA) is 197 Å². The molecule has 0 saturated heterocycles. The molecule has 0 radical (unpaired) electrons. The van der Waals surface area contributed by atoms with Crippen molar-refractivity contribution in [2.24, 2.45) is 17.4 Å². The number of aliphatic hydroxyl groups excluding tert-OH is 1. The van der Waals surface area contributed by atoms with E-state index in [2.05, 4.69) is 16.0 Å². The summed E-state index contributed by atoms with van der Waals surface area (Å²) in [6.45, 7) is 5.22. The Morgan fingerprint density at radius 3 is 2.00 bits per heavy atom. The Morgan fingerprint density at radius 2 is 1.49 bits per heavy atom. The van der Waals surface area contributed by atoms with Gasteiger partial charge in [-0.05, 0) is 44.2 Å². The Bertz CT molecular complexity index is 833. The first-order valence-electron chi connectivity index (χ1n) is 11.8. The van der Waals surface area contributed by atoms with Gasteiger partial charge in [-0.25, -0.2) is 4.79 Å². The van der Waals surface area contributed by atoms with Crippen LogP contribution in [0.3, 0.4) is 0 Å². The second-order valence-corrected chi connectivity index (χ2v) is 8.93. The van der Waals surface area contributed by atoms with Crippen molar-refractivity contribution >= 4 is 23.7 Å². The predicted molar refractivity (Wildman–Crippen MR) is 131 cm³/mol. The minimum Gasteiger partial charge on any atom is -0.480 e. The highest BCUT2D eigenvalue weighted by Gasteiger charge is 2.32. The number of amides is 3. The maximum Gasteiger partial charge on any atom is 0.326 e. The predicted octanol–water partition coefficient (Wildman–Crippen LogP) is -0.739. The molecule has 11 nitrogen and oxygen atoms in total. The first-order chi connectivity index (χ1) is 16.5. The summed E-state index contributed by atoms with van der Waals surface area (Å²) in [6, 6.07) is 4.30. The van der Waals surface area contributed by atoms with Gasteiger partial charge in [-0.1, -0.05) is 44.2 Å². The smallest absolute Gasteiger partial charge is 0.326 e. The maximum atomic E-state index is 13.1. The van der Waals surface area contributed by atoms with Crippen LogP contribution in [0.15, 0.2) is 30.3 Å². The number of rotatable bonds is 15. The third-order valence-electron chi connectivity index (χ3n) is 5.56. The molecule has 1 aromatic rings. The van der Waals surface area contributed by atoms with E-state index in [4.69, 9.17) is 11.5 Å². The second kappa shape index (κ2) is 15.1. The van der Waals surface area contributed by atoms with E-state index in [0.29, 0.717) is 19.4 Å². The van der Waals surface area contributed by atoms with Crippen molar-refractivity contribution in [1.29, 1.82) is 0 Å². The minimum atomic E-state index is -1.36. The summed E-state index contributed by atoms with van der Waals surface area (Å²) in [6.07, 6.45) is 0.0960. The Morgan fingerprint density at radius 1 is 0.886 bits per heavy atom. The van der Waals surface area contributed by atoms with E-state index in [-0.39, 0.29) is 18.8 Å². The largest absolute Gasteiger partial charge is 0.480 e. The molecule has 5 atom stereocenters. The van der Waals surface area contributed by atoms with Crippen LogP contribution in [0, 0.1) is 5.92 Å². The summed E-state index contributed by atoms with van der Waals surface area (Å²) >= 11 is 0.